The second kappa shape index (κ2) is 6.15. The Morgan fingerprint density at radius 2 is 2.21 bits per heavy atom. The Morgan fingerprint density at radius 1 is 1.47 bits per heavy atom. The van der Waals surface area contributed by atoms with Crippen molar-refractivity contribution in [3.63, 3.8) is 0 Å². The number of likely N-dealkylation sites (N-methyl/N-ethyl adjacent to an activating group) is 1. The van der Waals surface area contributed by atoms with Crippen LogP contribution in [0.2, 0.25) is 0 Å². The first-order chi connectivity index (χ1) is 9.02. The van der Waals surface area contributed by atoms with Crippen LogP contribution in [0.4, 0.5) is 0 Å². The molecule has 0 saturated carbocycles. The summed E-state index contributed by atoms with van der Waals surface area (Å²) in [6, 6.07) is 0.237. The van der Waals surface area contributed by atoms with Crippen molar-refractivity contribution < 1.29 is 0 Å². The predicted molar refractivity (Wildman–Crippen MR) is 82.6 cm³/mol. The molecule has 104 valence electrons. The number of aryl methyl sites for hydroxylation is 3. The highest BCUT2D eigenvalue weighted by Crippen LogP contribution is 2.26. The highest BCUT2D eigenvalue weighted by molar-refractivity contribution is 9.10. The lowest BCUT2D eigenvalue weighted by Gasteiger charge is -2.16. The summed E-state index contributed by atoms with van der Waals surface area (Å²) in [4.78, 5) is 4.60. The molecule has 1 atom stereocenters. The van der Waals surface area contributed by atoms with Crippen LogP contribution >= 0.6 is 27.3 Å². The fourth-order valence-electron chi connectivity index (χ4n) is 2.16. The molecule has 0 bridgehead atoms. The van der Waals surface area contributed by atoms with E-state index >= 15 is 0 Å². The van der Waals surface area contributed by atoms with Crippen molar-refractivity contribution >= 4 is 27.3 Å². The molecule has 0 fully saturated rings. The highest BCUT2D eigenvalue weighted by atomic mass is 79.9. The number of thiazole rings is 1. The van der Waals surface area contributed by atoms with Crippen LogP contribution in [0.15, 0.2) is 9.85 Å². The van der Waals surface area contributed by atoms with Gasteiger partial charge in [-0.05, 0) is 36.3 Å². The lowest BCUT2D eigenvalue weighted by atomic mass is 10.1. The molecule has 0 aliphatic rings. The highest BCUT2D eigenvalue weighted by Gasteiger charge is 2.19. The molecule has 2 rings (SSSR count). The summed E-state index contributed by atoms with van der Waals surface area (Å²) < 4.78 is 3.05. The Kier molecular flexibility index (Phi) is 4.76. The number of nitrogens with zero attached hydrogens (tertiary/aromatic N) is 3. The van der Waals surface area contributed by atoms with Gasteiger partial charge in [-0.25, -0.2) is 4.98 Å². The largest absolute Gasteiger partial charge is 0.309 e. The van der Waals surface area contributed by atoms with E-state index in [2.05, 4.69) is 43.6 Å². The standard InChI is InChI=1S/C13H19BrN4S/c1-5-15-10(11-7-19-9(3)16-11)6-12-13(14)8(2)17-18(12)4/h7,10,15H,5-6H2,1-4H3. The van der Waals surface area contributed by atoms with E-state index in [1.807, 2.05) is 25.6 Å². The third-order valence-electron chi connectivity index (χ3n) is 3.10. The zero-order chi connectivity index (χ0) is 14.0. The molecule has 1 N–H and O–H groups in total. The normalized spacial score (nSPS) is 12.9. The van der Waals surface area contributed by atoms with Crippen LogP contribution in [0, 0.1) is 13.8 Å². The molecule has 4 nitrogen and oxygen atoms in total. The quantitative estimate of drug-likeness (QED) is 0.907. The second-order valence-corrected chi connectivity index (χ2v) is 6.43. The van der Waals surface area contributed by atoms with E-state index < -0.39 is 0 Å². The average molecular weight is 343 g/mol. The smallest absolute Gasteiger partial charge is 0.0898 e. The van der Waals surface area contributed by atoms with Gasteiger partial charge >= 0.3 is 0 Å². The Balaban J connectivity index is 2.26. The summed E-state index contributed by atoms with van der Waals surface area (Å²) >= 11 is 5.33. The minimum absolute atomic E-state index is 0.237. The van der Waals surface area contributed by atoms with E-state index in [0.29, 0.717) is 0 Å². The van der Waals surface area contributed by atoms with E-state index in [0.717, 1.165) is 33.8 Å². The van der Waals surface area contributed by atoms with Crippen LogP contribution in [0.1, 0.15) is 35.1 Å². The average Bonchev–Trinajstić information content (AvgIpc) is 2.88. The van der Waals surface area contributed by atoms with Gasteiger partial charge < -0.3 is 5.32 Å². The summed E-state index contributed by atoms with van der Waals surface area (Å²) in [7, 11) is 1.99. The number of rotatable bonds is 5. The number of hydrogen-bond donors (Lipinski definition) is 1. The Hall–Kier alpha value is -0.720. The number of hydrogen-bond acceptors (Lipinski definition) is 4. The molecule has 0 radical (unpaired) electrons. The first kappa shape index (κ1) is 14.7. The summed E-state index contributed by atoms with van der Waals surface area (Å²) in [5.41, 5.74) is 3.35. The van der Waals surface area contributed by atoms with Gasteiger partial charge in [-0.1, -0.05) is 6.92 Å². The summed E-state index contributed by atoms with van der Waals surface area (Å²) in [5.74, 6) is 0. The monoisotopic (exact) mass is 342 g/mol. The number of nitrogens with one attached hydrogen (secondary N) is 1. The maximum Gasteiger partial charge on any atom is 0.0898 e. The van der Waals surface area contributed by atoms with Gasteiger partial charge in [0.2, 0.25) is 0 Å². The lowest BCUT2D eigenvalue weighted by molar-refractivity contribution is 0.518. The lowest BCUT2D eigenvalue weighted by Crippen LogP contribution is -2.24. The molecule has 6 heteroatoms. The van der Waals surface area contributed by atoms with Crippen LogP contribution in [0.25, 0.3) is 0 Å². The summed E-state index contributed by atoms with van der Waals surface area (Å²) in [6.07, 6.45) is 0.884. The van der Waals surface area contributed by atoms with Gasteiger partial charge in [0.15, 0.2) is 0 Å². The van der Waals surface area contributed by atoms with E-state index in [9.17, 15) is 0 Å². The molecule has 1 unspecified atom stereocenters. The van der Waals surface area contributed by atoms with Crippen LogP contribution in [0.5, 0.6) is 0 Å². The van der Waals surface area contributed by atoms with Crippen LogP contribution in [0.3, 0.4) is 0 Å². The molecular formula is C13H19BrN4S. The third kappa shape index (κ3) is 3.24. The van der Waals surface area contributed by atoms with Gasteiger partial charge in [0, 0.05) is 18.8 Å². The first-order valence-electron chi connectivity index (χ1n) is 6.36. The zero-order valence-electron chi connectivity index (χ0n) is 11.7. The van der Waals surface area contributed by atoms with Crippen LogP contribution < -0.4 is 5.32 Å². The predicted octanol–water partition coefficient (Wildman–Crippen LogP) is 3.15. The van der Waals surface area contributed by atoms with Crippen molar-refractivity contribution in [2.45, 2.75) is 33.2 Å². The van der Waals surface area contributed by atoms with Crippen molar-refractivity contribution in [2.24, 2.45) is 7.05 Å². The first-order valence-corrected chi connectivity index (χ1v) is 8.03. The minimum Gasteiger partial charge on any atom is -0.309 e. The van der Waals surface area contributed by atoms with E-state index in [-0.39, 0.29) is 6.04 Å². The SMILES string of the molecule is CCNC(Cc1c(Br)c(C)nn1C)c1csc(C)n1. The van der Waals surface area contributed by atoms with Gasteiger partial charge in [-0.2, -0.15) is 5.10 Å². The van der Waals surface area contributed by atoms with Crippen molar-refractivity contribution in [1.29, 1.82) is 0 Å². The molecule has 0 amide bonds. The molecule has 19 heavy (non-hydrogen) atoms. The van der Waals surface area contributed by atoms with Crippen molar-refractivity contribution in [2.75, 3.05) is 6.54 Å². The van der Waals surface area contributed by atoms with Crippen LogP contribution in [-0.4, -0.2) is 21.3 Å². The second-order valence-electron chi connectivity index (χ2n) is 4.58. The van der Waals surface area contributed by atoms with E-state index in [4.69, 9.17) is 0 Å². The molecule has 0 aromatic carbocycles. The number of aromatic nitrogens is 3. The summed E-state index contributed by atoms with van der Waals surface area (Å²) in [6.45, 7) is 7.11. The van der Waals surface area contributed by atoms with Gasteiger partial charge in [0.1, 0.15) is 0 Å². The Bertz CT molecular complexity index is 561. The van der Waals surface area contributed by atoms with Crippen LogP contribution in [-0.2, 0) is 13.5 Å². The Morgan fingerprint density at radius 3 is 2.68 bits per heavy atom. The number of halogens is 1. The molecule has 2 aromatic rings. The van der Waals surface area contributed by atoms with E-state index in [1.165, 1.54) is 5.69 Å². The van der Waals surface area contributed by atoms with Crippen molar-refractivity contribution in [3.05, 3.63) is 31.9 Å². The topological polar surface area (TPSA) is 42.7 Å². The minimum atomic E-state index is 0.237. The molecular weight excluding hydrogens is 324 g/mol. The zero-order valence-corrected chi connectivity index (χ0v) is 14.1. The fraction of sp³-hybridized carbons (Fsp3) is 0.538. The van der Waals surface area contributed by atoms with Crippen molar-refractivity contribution in [1.82, 2.24) is 20.1 Å². The summed E-state index contributed by atoms with van der Waals surface area (Å²) in [5, 5.41) is 11.2. The molecule has 0 aliphatic carbocycles. The maximum absolute atomic E-state index is 4.60. The van der Waals surface area contributed by atoms with Gasteiger partial charge in [-0.15, -0.1) is 11.3 Å². The molecule has 0 aliphatic heterocycles. The van der Waals surface area contributed by atoms with Gasteiger partial charge in [-0.3, -0.25) is 4.68 Å². The maximum atomic E-state index is 4.60. The molecule has 2 heterocycles. The molecule has 2 aromatic heterocycles. The fourth-order valence-corrected chi connectivity index (χ4v) is 3.33. The Labute approximate surface area is 126 Å². The third-order valence-corrected chi connectivity index (χ3v) is 4.93. The van der Waals surface area contributed by atoms with Gasteiger partial charge in [0.05, 0.1) is 32.6 Å². The van der Waals surface area contributed by atoms with Gasteiger partial charge in [0.25, 0.3) is 0 Å². The molecule has 0 saturated heterocycles. The van der Waals surface area contributed by atoms with Crippen molar-refractivity contribution in [3.8, 4) is 0 Å². The molecule has 0 spiro atoms. The van der Waals surface area contributed by atoms with E-state index in [1.54, 1.807) is 11.3 Å².